The van der Waals surface area contributed by atoms with E-state index < -0.39 is 17.8 Å². The van der Waals surface area contributed by atoms with E-state index in [2.05, 4.69) is 11.8 Å². The summed E-state index contributed by atoms with van der Waals surface area (Å²) in [5.74, 6) is 0.427. The van der Waals surface area contributed by atoms with Gasteiger partial charge in [0.25, 0.3) is 0 Å². The molecule has 0 spiro atoms. The summed E-state index contributed by atoms with van der Waals surface area (Å²) in [6, 6.07) is 15.3. The van der Waals surface area contributed by atoms with Crippen molar-refractivity contribution in [2.75, 3.05) is 26.1 Å². The molecule has 6 heteroatoms. The number of nitrogens with zero attached hydrogens (tertiary/aromatic N) is 1. The van der Waals surface area contributed by atoms with Crippen LogP contribution in [0.4, 0.5) is 13.2 Å². The molecule has 1 unspecified atom stereocenters. The number of hydrogen-bond donors (Lipinski definition) is 0. The van der Waals surface area contributed by atoms with E-state index in [1.54, 1.807) is 6.07 Å². The molecule has 0 aliphatic carbocycles. The van der Waals surface area contributed by atoms with Gasteiger partial charge in [-0.05, 0) is 30.2 Å². The third-order valence-corrected chi connectivity index (χ3v) is 4.64. The van der Waals surface area contributed by atoms with E-state index in [4.69, 9.17) is 16.3 Å². The Morgan fingerprint density at radius 3 is 2.27 bits per heavy atom. The van der Waals surface area contributed by atoms with Crippen LogP contribution in [0.5, 0.6) is 0 Å². The van der Waals surface area contributed by atoms with Crippen molar-refractivity contribution in [1.82, 2.24) is 4.90 Å². The Morgan fingerprint density at radius 2 is 1.69 bits per heavy atom. The highest BCUT2D eigenvalue weighted by Crippen LogP contribution is 2.32. The molecule has 0 heterocycles. The molecule has 2 aromatic carbocycles. The van der Waals surface area contributed by atoms with Gasteiger partial charge in [0.15, 0.2) is 0 Å². The predicted molar refractivity (Wildman–Crippen MR) is 98.3 cm³/mol. The fourth-order valence-electron chi connectivity index (χ4n) is 2.94. The van der Waals surface area contributed by atoms with Crippen LogP contribution in [0.1, 0.15) is 35.8 Å². The fraction of sp³-hybridized carbons (Fsp3) is 0.400. The summed E-state index contributed by atoms with van der Waals surface area (Å²) < 4.78 is 44.5. The highest BCUT2D eigenvalue weighted by molar-refractivity contribution is 6.18. The first-order chi connectivity index (χ1) is 12.4. The molecule has 26 heavy (non-hydrogen) atoms. The van der Waals surface area contributed by atoms with E-state index >= 15 is 0 Å². The molecule has 2 rings (SSSR count). The SMILES string of the molecule is COC(CN(CCCl)[C@@H](C)c1ccccc1)c1cccc(C(F)(F)F)c1. The van der Waals surface area contributed by atoms with E-state index in [1.807, 2.05) is 30.3 Å². The minimum absolute atomic E-state index is 0.0680. The maximum Gasteiger partial charge on any atom is 0.416 e. The predicted octanol–water partition coefficient (Wildman–Crippen LogP) is 5.69. The molecule has 0 aliphatic rings. The lowest BCUT2D eigenvalue weighted by molar-refractivity contribution is -0.137. The second-order valence-electron chi connectivity index (χ2n) is 6.12. The van der Waals surface area contributed by atoms with Crippen LogP contribution >= 0.6 is 11.6 Å². The molecular formula is C20H23ClF3NO. The van der Waals surface area contributed by atoms with Crippen LogP contribution < -0.4 is 0 Å². The molecule has 0 N–H and O–H groups in total. The Bertz CT molecular complexity index is 678. The molecule has 0 fully saturated rings. The van der Waals surface area contributed by atoms with Crippen molar-refractivity contribution in [1.29, 1.82) is 0 Å². The number of rotatable bonds is 8. The van der Waals surface area contributed by atoms with Crippen LogP contribution in [0, 0.1) is 0 Å². The maximum absolute atomic E-state index is 13.0. The van der Waals surface area contributed by atoms with Crippen molar-refractivity contribution in [2.24, 2.45) is 0 Å². The van der Waals surface area contributed by atoms with E-state index in [1.165, 1.54) is 13.2 Å². The minimum atomic E-state index is -4.37. The molecule has 0 bridgehead atoms. The summed E-state index contributed by atoms with van der Waals surface area (Å²) >= 11 is 5.95. The molecule has 0 aliphatic heterocycles. The summed E-state index contributed by atoms with van der Waals surface area (Å²) in [4.78, 5) is 2.12. The topological polar surface area (TPSA) is 12.5 Å². The lowest BCUT2D eigenvalue weighted by atomic mass is 10.0. The highest BCUT2D eigenvalue weighted by Gasteiger charge is 2.31. The van der Waals surface area contributed by atoms with Crippen molar-refractivity contribution < 1.29 is 17.9 Å². The monoisotopic (exact) mass is 385 g/mol. The van der Waals surface area contributed by atoms with Crippen molar-refractivity contribution >= 4 is 11.6 Å². The van der Waals surface area contributed by atoms with Gasteiger partial charge in [0.1, 0.15) is 0 Å². The molecule has 2 aromatic rings. The smallest absolute Gasteiger partial charge is 0.375 e. The molecule has 0 saturated heterocycles. The summed E-state index contributed by atoms with van der Waals surface area (Å²) in [7, 11) is 1.51. The summed E-state index contributed by atoms with van der Waals surface area (Å²) in [6.45, 7) is 3.11. The average molecular weight is 386 g/mol. The van der Waals surface area contributed by atoms with Gasteiger partial charge in [-0.15, -0.1) is 11.6 Å². The molecule has 142 valence electrons. The molecule has 0 radical (unpaired) electrons. The van der Waals surface area contributed by atoms with Crippen molar-refractivity contribution in [2.45, 2.75) is 25.2 Å². The van der Waals surface area contributed by atoms with Gasteiger partial charge in [0.05, 0.1) is 11.7 Å². The number of methoxy groups -OCH3 is 1. The average Bonchev–Trinajstić information content (AvgIpc) is 2.64. The summed E-state index contributed by atoms with van der Waals surface area (Å²) in [5.41, 5.74) is 0.954. The van der Waals surface area contributed by atoms with Gasteiger partial charge in [0, 0.05) is 32.1 Å². The molecule has 0 amide bonds. The molecule has 2 nitrogen and oxygen atoms in total. The van der Waals surface area contributed by atoms with E-state index in [0.29, 0.717) is 24.5 Å². The molecule has 2 atom stereocenters. The lowest BCUT2D eigenvalue weighted by Gasteiger charge is -2.32. The Labute approximate surface area is 157 Å². The third kappa shape index (κ3) is 5.47. The van der Waals surface area contributed by atoms with Crippen LogP contribution in [0.2, 0.25) is 0 Å². The van der Waals surface area contributed by atoms with Crippen molar-refractivity contribution in [3.63, 3.8) is 0 Å². The first-order valence-electron chi connectivity index (χ1n) is 8.41. The summed E-state index contributed by atoms with van der Waals surface area (Å²) in [6.07, 6.45) is -4.85. The Morgan fingerprint density at radius 1 is 1.04 bits per heavy atom. The summed E-state index contributed by atoms with van der Waals surface area (Å²) in [5, 5.41) is 0. The number of ether oxygens (including phenoxy) is 1. The minimum Gasteiger partial charge on any atom is -0.375 e. The van der Waals surface area contributed by atoms with Crippen LogP contribution in [-0.2, 0) is 10.9 Å². The molecule has 0 aromatic heterocycles. The van der Waals surface area contributed by atoms with Gasteiger partial charge < -0.3 is 4.74 Å². The standard InChI is InChI=1S/C20H23ClF3NO/c1-15(16-7-4-3-5-8-16)25(12-11-21)14-19(26-2)17-9-6-10-18(13-17)20(22,23)24/h3-10,13,15,19H,11-12,14H2,1-2H3/t15-,19?/m0/s1. The van der Waals surface area contributed by atoms with E-state index in [-0.39, 0.29) is 6.04 Å². The number of alkyl halides is 4. The van der Waals surface area contributed by atoms with Gasteiger partial charge in [-0.2, -0.15) is 13.2 Å². The van der Waals surface area contributed by atoms with Crippen LogP contribution in [-0.4, -0.2) is 31.0 Å². The van der Waals surface area contributed by atoms with Crippen molar-refractivity contribution in [3.8, 4) is 0 Å². The number of hydrogen-bond acceptors (Lipinski definition) is 2. The Balaban J connectivity index is 2.23. The van der Waals surface area contributed by atoms with Gasteiger partial charge in [-0.3, -0.25) is 4.90 Å². The first kappa shape index (κ1) is 20.7. The number of benzene rings is 2. The normalized spacial score (nSPS) is 14.4. The first-order valence-corrected chi connectivity index (χ1v) is 8.95. The Kier molecular flexibility index (Phi) is 7.50. The van der Waals surface area contributed by atoms with Crippen LogP contribution in [0.3, 0.4) is 0 Å². The van der Waals surface area contributed by atoms with Gasteiger partial charge >= 0.3 is 6.18 Å². The molecular weight excluding hydrogens is 363 g/mol. The van der Waals surface area contributed by atoms with Crippen molar-refractivity contribution in [3.05, 3.63) is 71.3 Å². The van der Waals surface area contributed by atoms with Crippen LogP contribution in [0.15, 0.2) is 54.6 Å². The lowest BCUT2D eigenvalue weighted by Crippen LogP contribution is -2.33. The largest absolute Gasteiger partial charge is 0.416 e. The van der Waals surface area contributed by atoms with E-state index in [9.17, 15) is 13.2 Å². The third-order valence-electron chi connectivity index (χ3n) is 4.47. The zero-order chi connectivity index (χ0) is 19.2. The molecule has 0 saturated carbocycles. The quantitative estimate of drug-likeness (QED) is 0.541. The van der Waals surface area contributed by atoms with Gasteiger partial charge in [0.2, 0.25) is 0 Å². The Hall–Kier alpha value is -1.56. The zero-order valence-corrected chi connectivity index (χ0v) is 15.6. The number of halogens is 4. The maximum atomic E-state index is 13.0. The van der Waals surface area contributed by atoms with Crippen LogP contribution in [0.25, 0.3) is 0 Å². The fourth-order valence-corrected chi connectivity index (χ4v) is 3.16. The second-order valence-corrected chi connectivity index (χ2v) is 6.50. The van der Waals surface area contributed by atoms with E-state index in [0.717, 1.165) is 17.7 Å². The second kappa shape index (κ2) is 9.40. The van der Waals surface area contributed by atoms with Gasteiger partial charge in [-0.25, -0.2) is 0 Å². The zero-order valence-electron chi connectivity index (χ0n) is 14.8. The van der Waals surface area contributed by atoms with Gasteiger partial charge in [-0.1, -0.05) is 42.5 Å². The highest BCUT2D eigenvalue weighted by atomic mass is 35.5.